The predicted molar refractivity (Wildman–Crippen MR) is 88.9 cm³/mol. The van der Waals surface area contributed by atoms with Gasteiger partial charge < -0.3 is 5.32 Å². The number of aryl methyl sites for hydroxylation is 1. The molecule has 1 heterocycles. The van der Waals surface area contributed by atoms with Crippen LogP contribution in [0.2, 0.25) is 0 Å². The second-order valence-electron chi connectivity index (χ2n) is 5.56. The standard InChI is InChI=1S/C15H23BrN2O2S/c1-3-17-11-13-6-8-18(9-7-13)21(19,20)15-5-4-14(16)10-12(15)2/h4-5,10,13,17H,3,6-9,11H2,1-2H3. The number of hydrogen-bond acceptors (Lipinski definition) is 3. The molecule has 1 fully saturated rings. The van der Waals surface area contributed by atoms with Crippen LogP contribution in [0.15, 0.2) is 27.6 Å². The third-order valence-corrected chi connectivity index (χ3v) is 6.56. The quantitative estimate of drug-likeness (QED) is 0.861. The van der Waals surface area contributed by atoms with Crippen LogP contribution in [0.5, 0.6) is 0 Å². The maximum Gasteiger partial charge on any atom is 0.243 e. The lowest BCUT2D eigenvalue weighted by molar-refractivity contribution is 0.268. The molecule has 2 rings (SSSR count). The third-order valence-electron chi connectivity index (χ3n) is 4.01. The fraction of sp³-hybridized carbons (Fsp3) is 0.600. The van der Waals surface area contributed by atoms with Crippen LogP contribution in [0.25, 0.3) is 0 Å². The zero-order chi connectivity index (χ0) is 15.5. The molecule has 4 nitrogen and oxygen atoms in total. The van der Waals surface area contributed by atoms with Gasteiger partial charge in [0.15, 0.2) is 0 Å². The zero-order valence-corrected chi connectivity index (χ0v) is 15.0. The molecule has 1 aliphatic heterocycles. The Morgan fingerprint density at radius 2 is 2.00 bits per heavy atom. The lowest BCUT2D eigenvalue weighted by Gasteiger charge is -2.31. The zero-order valence-electron chi connectivity index (χ0n) is 12.6. The van der Waals surface area contributed by atoms with Gasteiger partial charge in [0, 0.05) is 17.6 Å². The monoisotopic (exact) mass is 374 g/mol. The predicted octanol–water partition coefficient (Wildman–Crippen LogP) is 2.77. The first-order valence-corrected chi connectivity index (χ1v) is 9.65. The highest BCUT2D eigenvalue weighted by Gasteiger charge is 2.30. The van der Waals surface area contributed by atoms with E-state index in [0.717, 1.165) is 36.0 Å². The van der Waals surface area contributed by atoms with Crippen molar-refractivity contribution in [2.45, 2.75) is 31.6 Å². The van der Waals surface area contributed by atoms with Gasteiger partial charge in [0.2, 0.25) is 10.0 Å². The van der Waals surface area contributed by atoms with Gasteiger partial charge in [0.05, 0.1) is 4.90 Å². The molecule has 0 bridgehead atoms. The molecule has 0 saturated carbocycles. The van der Waals surface area contributed by atoms with Crippen molar-refractivity contribution >= 4 is 26.0 Å². The van der Waals surface area contributed by atoms with Crippen LogP contribution in [-0.2, 0) is 10.0 Å². The van der Waals surface area contributed by atoms with Gasteiger partial charge in [-0.15, -0.1) is 0 Å². The number of rotatable bonds is 5. The molecule has 0 spiro atoms. The Balaban J connectivity index is 2.08. The summed E-state index contributed by atoms with van der Waals surface area (Å²) in [5.41, 5.74) is 0.791. The molecule has 1 N–H and O–H groups in total. The van der Waals surface area contributed by atoms with Crippen molar-refractivity contribution in [1.29, 1.82) is 0 Å². The van der Waals surface area contributed by atoms with Crippen LogP contribution in [0.1, 0.15) is 25.3 Å². The van der Waals surface area contributed by atoms with Gasteiger partial charge in [0.25, 0.3) is 0 Å². The number of sulfonamides is 1. The van der Waals surface area contributed by atoms with Crippen LogP contribution in [-0.4, -0.2) is 38.9 Å². The molecule has 0 aliphatic carbocycles. The van der Waals surface area contributed by atoms with Crippen LogP contribution >= 0.6 is 15.9 Å². The van der Waals surface area contributed by atoms with E-state index in [1.165, 1.54) is 0 Å². The Labute approximate surface area is 136 Å². The molecular weight excluding hydrogens is 352 g/mol. The number of piperidine rings is 1. The van der Waals surface area contributed by atoms with Crippen molar-refractivity contribution in [2.75, 3.05) is 26.2 Å². The number of halogens is 1. The first-order valence-electron chi connectivity index (χ1n) is 7.42. The summed E-state index contributed by atoms with van der Waals surface area (Å²) in [6.07, 6.45) is 1.86. The van der Waals surface area contributed by atoms with Gasteiger partial charge in [-0.2, -0.15) is 4.31 Å². The van der Waals surface area contributed by atoms with Gasteiger partial charge in [-0.05, 0) is 62.5 Å². The molecule has 1 aliphatic rings. The lowest BCUT2D eigenvalue weighted by atomic mass is 9.98. The highest BCUT2D eigenvalue weighted by molar-refractivity contribution is 9.10. The second kappa shape index (κ2) is 7.22. The number of hydrogen-bond donors (Lipinski definition) is 1. The van der Waals surface area contributed by atoms with Crippen LogP contribution in [0, 0.1) is 12.8 Å². The molecule has 21 heavy (non-hydrogen) atoms. The van der Waals surface area contributed by atoms with E-state index in [2.05, 4.69) is 28.2 Å². The average molecular weight is 375 g/mol. The fourth-order valence-corrected chi connectivity index (χ4v) is 4.89. The Morgan fingerprint density at radius 3 is 2.57 bits per heavy atom. The molecule has 0 atom stereocenters. The van der Waals surface area contributed by atoms with E-state index in [4.69, 9.17) is 0 Å². The maximum absolute atomic E-state index is 12.7. The summed E-state index contributed by atoms with van der Waals surface area (Å²) in [5, 5.41) is 3.35. The van der Waals surface area contributed by atoms with E-state index in [9.17, 15) is 8.42 Å². The van der Waals surface area contributed by atoms with Gasteiger partial charge >= 0.3 is 0 Å². The van der Waals surface area contributed by atoms with Gasteiger partial charge in [-0.3, -0.25) is 0 Å². The van der Waals surface area contributed by atoms with Crippen molar-refractivity contribution in [3.05, 3.63) is 28.2 Å². The Bertz CT molecular complexity index is 581. The van der Waals surface area contributed by atoms with Gasteiger partial charge in [0.1, 0.15) is 0 Å². The highest BCUT2D eigenvalue weighted by Crippen LogP contribution is 2.27. The molecule has 1 saturated heterocycles. The summed E-state index contributed by atoms with van der Waals surface area (Å²) < 4.78 is 28.0. The molecule has 1 aromatic rings. The van der Waals surface area contributed by atoms with Crippen LogP contribution < -0.4 is 5.32 Å². The van der Waals surface area contributed by atoms with Crippen LogP contribution in [0.3, 0.4) is 0 Å². The van der Waals surface area contributed by atoms with Crippen molar-refractivity contribution in [1.82, 2.24) is 9.62 Å². The first-order chi connectivity index (χ1) is 9.95. The summed E-state index contributed by atoms with van der Waals surface area (Å²) in [7, 11) is -3.36. The van der Waals surface area contributed by atoms with E-state index >= 15 is 0 Å². The first kappa shape index (κ1) is 16.9. The normalized spacial score (nSPS) is 18.0. The minimum atomic E-state index is -3.36. The number of benzene rings is 1. The summed E-state index contributed by atoms with van der Waals surface area (Å²) in [6, 6.07) is 5.34. The van der Waals surface area contributed by atoms with E-state index in [1.807, 2.05) is 13.0 Å². The molecule has 118 valence electrons. The van der Waals surface area contributed by atoms with Crippen LogP contribution in [0.4, 0.5) is 0 Å². The van der Waals surface area contributed by atoms with Crippen molar-refractivity contribution in [3.8, 4) is 0 Å². The fourth-order valence-electron chi connectivity index (χ4n) is 2.74. The smallest absolute Gasteiger partial charge is 0.243 e. The topological polar surface area (TPSA) is 49.4 Å². The highest BCUT2D eigenvalue weighted by atomic mass is 79.9. The summed E-state index contributed by atoms with van der Waals surface area (Å²) in [5.74, 6) is 0.586. The van der Waals surface area contributed by atoms with E-state index in [1.54, 1.807) is 16.4 Å². The Hall–Kier alpha value is -0.430. The van der Waals surface area contributed by atoms with Gasteiger partial charge in [-0.1, -0.05) is 22.9 Å². The maximum atomic E-state index is 12.7. The minimum Gasteiger partial charge on any atom is -0.317 e. The van der Waals surface area contributed by atoms with Crippen molar-refractivity contribution < 1.29 is 8.42 Å². The molecule has 0 radical (unpaired) electrons. The number of nitrogens with one attached hydrogen (secondary N) is 1. The van der Waals surface area contributed by atoms with Gasteiger partial charge in [-0.25, -0.2) is 8.42 Å². The molecule has 0 unspecified atom stereocenters. The minimum absolute atomic E-state index is 0.427. The molecule has 1 aromatic carbocycles. The molecule has 6 heteroatoms. The molecule has 0 amide bonds. The Kier molecular flexibility index (Phi) is 5.82. The average Bonchev–Trinajstić information content (AvgIpc) is 2.45. The van der Waals surface area contributed by atoms with Crippen molar-refractivity contribution in [2.24, 2.45) is 5.92 Å². The SMILES string of the molecule is CCNCC1CCN(S(=O)(=O)c2ccc(Br)cc2C)CC1. The van der Waals surface area contributed by atoms with E-state index < -0.39 is 10.0 Å². The number of nitrogens with zero attached hydrogens (tertiary/aromatic N) is 1. The lowest BCUT2D eigenvalue weighted by Crippen LogP contribution is -2.40. The van der Waals surface area contributed by atoms with Crippen molar-refractivity contribution in [3.63, 3.8) is 0 Å². The third kappa shape index (κ3) is 4.06. The van der Waals surface area contributed by atoms with E-state index in [0.29, 0.717) is 23.9 Å². The second-order valence-corrected chi connectivity index (χ2v) is 8.39. The Morgan fingerprint density at radius 1 is 1.33 bits per heavy atom. The summed E-state index contributed by atoms with van der Waals surface area (Å²) in [4.78, 5) is 0.427. The molecule has 0 aromatic heterocycles. The summed E-state index contributed by atoms with van der Waals surface area (Å²) >= 11 is 3.38. The summed E-state index contributed by atoms with van der Waals surface area (Å²) in [6.45, 7) is 7.13. The molecular formula is C15H23BrN2O2S. The largest absolute Gasteiger partial charge is 0.317 e. The van der Waals surface area contributed by atoms with E-state index in [-0.39, 0.29) is 0 Å².